The Balaban J connectivity index is 0.00000112. The normalized spacial score (nSPS) is 11.4. The SMILES string of the molecule is Cl.Nc1cccc2[nH]c(C(F)(F)F)nc12. The summed E-state index contributed by atoms with van der Waals surface area (Å²) in [5.74, 6) is -1.02. The molecule has 1 heterocycles. The zero-order valence-corrected chi connectivity index (χ0v) is 8.12. The monoisotopic (exact) mass is 237 g/mol. The number of fused-ring (bicyclic) bond motifs is 1. The molecule has 3 nitrogen and oxygen atoms in total. The van der Waals surface area contributed by atoms with Gasteiger partial charge in [0.2, 0.25) is 5.82 Å². The van der Waals surface area contributed by atoms with Gasteiger partial charge in [-0.3, -0.25) is 0 Å². The van der Waals surface area contributed by atoms with Gasteiger partial charge in [-0.25, -0.2) is 4.98 Å². The number of rotatable bonds is 0. The molecule has 7 heteroatoms. The highest BCUT2D eigenvalue weighted by molar-refractivity contribution is 5.86. The molecular weight excluding hydrogens is 231 g/mol. The maximum atomic E-state index is 12.2. The van der Waals surface area contributed by atoms with E-state index in [1.165, 1.54) is 12.1 Å². The van der Waals surface area contributed by atoms with Crippen LogP contribution < -0.4 is 5.73 Å². The molecule has 0 saturated carbocycles. The third kappa shape index (κ3) is 1.99. The van der Waals surface area contributed by atoms with Crippen LogP contribution in [0.25, 0.3) is 11.0 Å². The first-order chi connectivity index (χ1) is 6.48. The van der Waals surface area contributed by atoms with Crippen LogP contribution in [0.5, 0.6) is 0 Å². The molecule has 0 bridgehead atoms. The van der Waals surface area contributed by atoms with E-state index in [1.54, 1.807) is 6.07 Å². The topological polar surface area (TPSA) is 54.7 Å². The number of alkyl halides is 3. The fraction of sp³-hybridized carbons (Fsp3) is 0.125. The molecule has 2 aromatic rings. The van der Waals surface area contributed by atoms with E-state index in [0.717, 1.165) is 0 Å². The van der Waals surface area contributed by atoms with Crippen molar-refractivity contribution in [2.75, 3.05) is 5.73 Å². The lowest BCUT2D eigenvalue weighted by Gasteiger charge is -1.98. The van der Waals surface area contributed by atoms with Crippen molar-refractivity contribution < 1.29 is 13.2 Å². The number of nitrogens with zero attached hydrogens (tertiary/aromatic N) is 1. The maximum Gasteiger partial charge on any atom is 0.449 e. The Morgan fingerprint density at radius 3 is 2.47 bits per heavy atom. The number of halogens is 4. The number of H-pyrrole nitrogens is 1. The number of anilines is 1. The molecule has 0 aliphatic carbocycles. The number of hydrogen-bond donors (Lipinski definition) is 2. The zero-order chi connectivity index (χ0) is 10.3. The van der Waals surface area contributed by atoms with Crippen molar-refractivity contribution >= 4 is 29.1 Å². The number of nitrogens with one attached hydrogen (secondary N) is 1. The number of nitrogens with two attached hydrogens (primary N) is 1. The molecule has 0 radical (unpaired) electrons. The Labute approximate surface area is 88.9 Å². The first-order valence-electron chi connectivity index (χ1n) is 3.80. The largest absolute Gasteiger partial charge is 0.449 e. The van der Waals surface area contributed by atoms with Gasteiger partial charge in [-0.05, 0) is 12.1 Å². The minimum atomic E-state index is -4.47. The molecule has 0 fully saturated rings. The van der Waals surface area contributed by atoms with Gasteiger partial charge in [-0.1, -0.05) is 6.07 Å². The summed E-state index contributed by atoms with van der Waals surface area (Å²) in [5.41, 5.74) is 6.14. The van der Waals surface area contributed by atoms with Crippen molar-refractivity contribution in [1.29, 1.82) is 0 Å². The van der Waals surface area contributed by atoms with E-state index >= 15 is 0 Å². The van der Waals surface area contributed by atoms with Crippen LogP contribution in [0.1, 0.15) is 5.82 Å². The molecule has 0 saturated heterocycles. The predicted octanol–water partition coefficient (Wildman–Crippen LogP) is 2.59. The highest BCUT2D eigenvalue weighted by Gasteiger charge is 2.34. The van der Waals surface area contributed by atoms with Crippen LogP contribution in [0.4, 0.5) is 18.9 Å². The summed E-state index contributed by atoms with van der Waals surface area (Å²) in [6.07, 6.45) is -4.47. The van der Waals surface area contributed by atoms with Crippen LogP contribution in [0.15, 0.2) is 18.2 Å². The summed E-state index contributed by atoms with van der Waals surface area (Å²) in [6.45, 7) is 0. The molecule has 0 aliphatic heterocycles. The molecule has 1 aromatic heterocycles. The molecule has 15 heavy (non-hydrogen) atoms. The summed E-state index contributed by atoms with van der Waals surface area (Å²) in [4.78, 5) is 5.54. The van der Waals surface area contributed by atoms with E-state index in [9.17, 15) is 13.2 Å². The third-order valence-electron chi connectivity index (χ3n) is 1.81. The van der Waals surface area contributed by atoms with E-state index in [2.05, 4.69) is 9.97 Å². The second kappa shape index (κ2) is 3.62. The number of para-hydroxylation sites is 1. The summed E-state index contributed by atoms with van der Waals surface area (Å²) in [7, 11) is 0. The fourth-order valence-electron chi connectivity index (χ4n) is 1.19. The second-order valence-electron chi connectivity index (χ2n) is 2.83. The van der Waals surface area contributed by atoms with Crippen molar-refractivity contribution in [2.45, 2.75) is 6.18 Å². The molecule has 0 amide bonds. The van der Waals surface area contributed by atoms with E-state index < -0.39 is 12.0 Å². The average Bonchev–Trinajstić information content (AvgIpc) is 2.48. The number of benzene rings is 1. The highest BCUT2D eigenvalue weighted by atomic mass is 35.5. The first kappa shape index (κ1) is 11.6. The molecule has 0 spiro atoms. The third-order valence-corrected chi connectivity index (χ3v) is 1.81. The van der Waals surface area contributed by atoms with Crippen molar-refractivity contribution in [2.24, 2.45) is 0 Å². The van der Waals surface area contributed by atoms with Gasteiger partial charge < -0.3 is 10.7 Å². The minimum absolute atomic E-state index is 0. The predicted molar refractivity (Wildman–Crippen MR) is 52.8 cm³/mol. The van der Waals surface area contributed by atoms with E-state index in [1.807, 2.05) is 0 Å². The van der Waals surface area contributed by atoms with Crippen LogP contribution in [0.3, 0.4) is 0 Å². The fourth-order valence-corrected chi connectivity index (χ4v) is 1.19. The number of aromatic amines is 1. The molecule has 1 aromatic carbocycles. The zero-order valence-electron chi connectivity index (χ0n) is 7.30. The molecule has 0 aliphatic rings. The summed E-state index contributed by atoms with van der Waals surface area (Å²) in [5, 5.41) is 0. The number of aromatic nitrogens is 2. The molecule has 0 unspecified atom stereocenters. The van der Waals surface area contributed by atoms with Crippen molar-refractivity contribution in [3.63, 3.8) is 0 Å². The van der Waals surface area contributed by atoms with Gasteiger partial charge in [0.25, 0.3) is 0 Å². The highest BCUT2D eigenvalue weighted by Crippen LogP contribution is 2.29. The lowest BCUT2D eigenvalue weighted by Crippen LogP contribution is -2.06. The Hall–Kier alpha value is -1.43. The number of nitrogen functional groups attached to an aromatic ring is 1. The van der Waals surface area contributed by atoms with E-state index in [4.69, 9.17) is 5.73 Å². The van der Waals surface area contributed by atoms with Crippen molar-refractivity contribution in [3.8, 4) is 0 Å². The minimum Gasteiger partial charge on any atom is -0.397 e. The van der Waals surface area contributed by atoms with E-state index in [-0.39, 0.29) is 29.1 Å². The van der Waals surface area contributed by atoms with Crippen LogP contribution in [0.2, 0.25) is 0 Å². The average molecular weight is 238 g/mol. The Morgan fingerprint density at radius 2 is 1.93 bits per heavy atom. The van der Waals surface area contributed by atoms with Gasteiger partial charge in [-0.2, -0.15) is 13.2 Å². The molecule has 3 N–H and O–H groups in total. The Bertz CT molecular complexity index is 477. The van der Waals surface area contributed by atoms with Crippen LogP contribution >= 0.6 is 12.4 Å². The standard InChI is InChI=1S/C8H6F3N3.ClH/c9-8(10,11)7-13-5-3-1-2-4(12)6(5)14-7;/h1-3H,12H2,(H,13,14);1H. The molecule has 2 rings (SSSR count). The lowest BCUT2D eigenvalue weighted by molar-refractivity contribution is -0.144. The number of hydrogen-bond acceptors (Lipinski definition) is 2. The summed E-state index contributed by atoms with van der Waals surface area (Å²) < 4.78 is 36.7. The van der Waals surface area contributed by atoms with Crippen LogP contribution in [-0.4, -0.2) is 9.97 Å². The summed E-state index contributed by atoms with van der Waals surface area (Å²) in [6, 6.07) is 4.56. The van der Waals surface area contributed by atoms with Gasteiger partial charge in [-0.15, -0.1) is 12.4 Å². The number of imidazole rings is 1. The lowest BCUT2D eigenvalue weighted by atomic mass is 10.3. The Morgan fingerprint density at radius 1 is 1.27 bits per heavy atom. The summed E-state index contributed by atoms with van der Waals surface area (Å²) >= 11 is 0. The van der Waals surface area contributed by atoms with E-state index in [0.29, 0.717) is 0 Å². The second-order valence-corrected chi connectivity index (χ2v) is 2.83. The van der Waals surface area contributed by atoms with Gasteiger partial charge in [0.1, 0.15) is 5.52 Å². The van der Waals surface area contributed by atoms with Gasteiger partial charge in [0.15, 0.2) is 0 Å². The molecule has 82 valence electrons. The van der Waals surface area contributed by atoms with Crippen LogP contribution in [0, 0.1) is 0 Å². The van der Waals surface area contributed by atoms with Crippen molar-refractivity contribution in [1.82, 2.24) is 9.97 Å². The first-order valence-corrected chi connectivity index (χ1v) is 3.80. The van der Waals surface area contributed by atoms with Crippen molar-refractivity contribution in [3.05, 3.63) is 24.0 Å². The van der Waals surface area contributed by atoms with Gasteiger partial charge in [0.05, 0.1) is 11.2 Å². The van der Waals surface area contributed by atoms with Gasteiger partial charge in [0, 0.05) is 0 Å². The quantitative estimate of drug-likeness (QED) is 0.692. The van der Waals surface area contributed by atoms with Crippen LogP contribution in [-0.2, 0) is 6.18 Å². The van der Waals surface area contributed by atoms with Gasteiger partial charge >= 0.3 is 6.18 Å². The Kier molecular flexibility index (Phi) is 2.81. The smallest absolute Gasteiger partial charge is 0.397 e. The molecule has 0 atom stereocenters. The maximum absolute atomic E-state index is 12.2. The molecular formula is C8H7ClF3N3.